The topological polar surface area (TPSA) is 30.7 Å². The van der Waals surface area contributed by atoms with Crippen LogP contribution in [-0.4, -0.2) is 14.5 Å². The summed E-state index contributed by atoms with van der Waals surface area (Å²) >= 11 is 15.6. The number of alkyl halides is 1. The van der Waals surface area contributed by atoms with E-state index in [-0.39, 0.29) is 0 Å². The van der Waals surface area contributed by atoms with Crippen molar-refractivity contribution in [3.63, 3.8) is 0 Å². The predicted molar refractivity (Wildman–Crippen MR) is 85.9 cm³/mol. The van der Waals surface area contributed by atoms with Gasteiger partial charge in [-0.15, -0.1) is 11.6 Å². The van der Waals surface area contributed by atoms with Crippen LogP contribution in [0.1, 0.15) is 11.4 Å². The summed E-state index contributed by atoms with van der Waals surface area (Å²) in [5.74, 6) is 1.06. The minimum Gasteiger partial charge on any atom is -0.280 e. The molecule has 3 rings (SSSR count). The van der Waals surface area contributed by atoms with Gasteiger partial charge in [-0.3, -0.25) is 4.57 Å². The summed E-state index contributed by atoms with van der Waals surface area (Å²) in [7, 11) is 0. The Labute approximate surface area is 134 Å². The highest BCUT2D eigenvalue weighted by molar-refractivity contribution is 9.10. The first-order valence-electron chi connectivity index (χ1n) is 5.95. The first-order chi connectivity index (χ1) is 9.60. The Morgan fingerprint density at radius 1 is 1.30 bits per heavy atom. The molecule has 0 aliphatic heterocycles. The summed E-state index contributed by atoms with van der Waals surface area (Å²) in [6.07, 6.45) is 1.82. The molecule has 0 bridgehead atoms. The van der Waals surface area contributed by atoms with Crippen LogP contribution in [0.4, 0.5) is 0 Å². The first kappa shape index (κ1) is 13.9. The number of aromatic nitrogens is 3. The van der Waals surface area contributed by atoms with Gasteiger partial charge in [-0.1, -0.05) is 11.6 Å². The van der Waals surface area contributed by atoms with Gasteiger partial charge < -0.3 is 0 Å². The number of hydrogen-bond acceptors (Lipinski definition) is 2. The molecule has 0 radical (unpaired) electrons. The normalized spacial score (nSPS) is 11.2. The number of nitrogens with zero attached hydrogens (tertiary/aromatic N) is 3. The summed E-state index contributed by atoms with van der Waals surface area (Å²) in [5, 5.41) is 0.636. The van der Waals surface area contributed by atoms with Crippen LogP contribution >= 0.6 is 39.1 Å². The largest absolute Gasteiger partial charge is 0.280 e. The summed E-state index contributed by atoms with van der Waals surface area (Å²) in [6.45, 7) is 1.99. The molecule has 20 heavy (non-hydrogen) atoms. The number of fused-ring (bicyclic) bond motifs is 1. The molecule has 0 aliphatic carbocycles. The lowest BCUT2D eigenvalue weighted by molar-refractivity contribution is 0.969. The number of pyridine rings is 1. The lowest BCUT2D eigenvalue weighted by Crippen LogP contribution is -2.00. The van der Waals surface area contributed by atoms with Crippen molar-refractivity contribution in [3.8, 4) is 5.69 Å². The molecule has 6 heteroatoms. The van der Waals surface area contributed by atoms with Gasteiger partial charge in [-0.05, 0) is 52.7 Å². The maximum Gasteiger partial charge on any atom is 0.164 e. The Bertz CT molecular complexity index is 798. The highest BCUT2D eigenvalue weighted by Gasteiger charge is 2.13. The van der Waals surface area contributed by atoms with Crippen LogP contribution in [0.3, 0.4) is 0 Å². The number of hydrogen-bond donors (Lipinski definition) is 0. The molecule has 0 N–H and O–H groups in total. The van der Waals surface area contributed by atoms with Crippen LogP contribution in [-0.2, 0) is 5.88 Å². The first-order valence-corrected chi connectivity index (χ1v) is 7.66. The zero-order valence-corrected chi connectivity index (χ0v) is 13.7. The molecule has 0 saturated carbocycles. The van der Waals surface area contributed by atoms with Crippen LogP contribution in [0.2, 0.25) is 5.02 Å². The van der Waals surface area contributed by atoms with E-state index in [2.05, 4.69) is 25.9 Å². The Kier molecular flexibility index (Phi) is 3.71. The van der Waals surface area contributed by atoms with E-state index >= 15 is 0 Å². The summed E-state index contributed by atoms with van der Waals surface area (Å²) < 4.78 is 2.78. The second-order valence-electron chi connectivity index (χ2n) is 4.45. The molecule has 0 saturated heterocycles. The highest BCUT2D eigenvalue weighted by Crippen LogP contribution is 2.28. The van der Waals surface area contributed by atoms with Gasteiger partial charge in [0.25, 0.3) is 0 Å². The van der Waals surface area contributed by atoms with Gasteiger partial charge in [0.05, 0.1) is 16.6 Å². The minimum atomic E-state index is 0.309. The molecule has 2 heterocycles. The molecule has 0 aliphatic rings. The molecular formula is C14H10BrCl2N3. The zero-order chi connectivity index (χ0) is 14.3. The van der Waals surface area contributed by atoms with Gasteiger partial charge in [0.1, 0.15) is 11.3 Å². The van der Waals surface area contributed by atoms with Crippen LogP contribution < -0.4 is 0 Å². The van der Waals surface area contributed by atoms with Crippen molar-refractivity contribution in [1.29, 1.82) is 0 Å². The lowest BCUT2D eigenvalue weighted by Gasteiger charge is -2.08. The number of halogens is 3. The molecule has 0 fully saturated rings. The summed E-state index contributed by atoms with van der Waals surface area (Å²) in [5.41, 5.74) is 3.58. The number of imidazole rings is 1. The molecule has 0 spiro atoms. The van der Waals surface area contributed by atoms with E-state index in [0.29, 0.717) is 10.9 Å². The quantitative estimate of drug-likeness (QED) is 0.601. The van der Waals surface area contributed by atoms with Crippen LogP contribution in [0.25, 0.3) is 16.9 Å². The third-order valence-electron chi connectivity index (χ3n) is 2.98. The smallest absolute Gasteiger partial charge is 0.164 e. The standard InChI is InChI=1S/C14H10BrCl2N3/c1-8-4-12-14(18-7-8)20(13(6-16)19-12)9-2-3-10(15)11(17)5-9/h2-5,7H,6H2,1H3. The number of benzene rings is 1. The maximum absolute atomic E-state index is 6.17. The van der Waals surface area contributed by atoms with Crippen molar-refractivity contribution in [2.45, 2.75) is 12.8 Å². The molecule has 0 unspecified atom stereocenters. The molecule has 1 aromatic carbocycles. The Morgan fingerprint density at radius 2 is 2.10 bits per heavy atom. The van der Waals surface area contributed by atoms with Crippen molar-refractivity contribution in [2.24, 2.45) is 0 Å². The number of rotatable bonds is 2. The van der Waals surface area contributed by atoms with E-state index in [1.165, 1.54) is 0 Å². The van der Waals surface area contributed by atoms with Crippen molar-refractivity contribution in [1.82, 2.24) is 14.5 Å². The van der Waals surface area contributed by atoms with E-state index in [9.17, 15) is 0 Å². The predicted octanol–water partition coefficient (Wildman–Crippen LogP) is 4.88. The van der Waals surface area contributed by atoms with Gasteiger partial charge in [0.2, 0.25) is 0 Å². The molecule has 3 nitrogen and oxygen atoms in total. The van der Waals surface area contributed by atoms with Crippen LogP contribution in [0, 0.1) is 6.92 Å². The van der Waals surface area contributed by atoms with E-state index in [1.54, 1.807) is 0 Å². The van der Waals surface area contributed by atoms with E-state index in [0.717, 1.165) is 32.7 Å². The SMILES string of the molecule is Cc1cnc2c(c1)nc(CCl)n2-c1ccc(Br)c(Cl)c1. The van der Waals surface area contributed by atoms with Crippen molar-refractivity contribution >= 4 is 50.3 Å². The second kappa shape index (κ2) is 5.35. The van der Waals surface area contributed by atoms with Crippen LogP contribution in [0.15, 0.2) is 34.9 Å². The molecule has 0 atom stereocenters. The number of aryl methyl sites for hydroxylation is 1. The maximum atomic E-state index is 6.17. The van der Waals surface area contributed by atoms with Crippen LogP contribution in [0.5, 0.6) is 0 Å². The van der Waals surface area contributed by atoms with Gasteiger partial charge in [0.15, 0.2) is 5.65 Å². The third kappa shape index (κ3) is 2.32. The molecular weight excluding hydrogens is 361 g/mol. The fourth-order valence-corrected chi connectivity index (χ4v) is 2.70. The Balaban J connectivity index is 2.30. The van der Waals surface area contributed by atoms with Crippen molar-refractivity contribution < 1.29 is 0 Å². The average Bonchev–Trinajstić information content (AvgIpc) is 2.79. The fourth-order valence-electron chi connectivity index (χ4n) is 2.10. The fraction of sp³-hybridized carbons (Fsp3) is 0.143. The third-order valence-corrected chi connectivity index (χ3v) is 4.46. The Hall–Kier alpha value is -1.10. The summed E-state index contributed by atoms with van der Waals surface area (Å²) in [4.78, 5) is 9.00. The second-order valence-corrected chi connectivity index (χ2v) is 5.98. The molecule has 0 amide bonds. The summed E-state index contributed by atoms with van der Waals surface area (Å²) in [6, 6.07) is 7.71. The van der Waals surface area contributed by atoms with E-state index < -0.39 is 0 Å². The van der Waals surface area contributed by atoms with Crippen molar-refractivity contribution in [3.05, 3.63) is 51.3 Å². The molecule has 2 aromatic heterocycles. The van der Waals surface area contributed by atoms with Crippen molar-refractivity contribution in [2.75, 3.05) is 0 Å². The van der Waals surface area contributed by atoms with Gasteiger partial charge in [-0.2, -0.15) is 0 Å². The van der Waals surface area contributed by atoms with Gasteiger partial charge in [0, 0.05) is 10.7 Å². The Morgan fingerprint density at radius 3 is 2.80 bits per heavy atom. The average molecular weight is 371 g/mol. The highest BCUT2D eigenvalue weighted by atomic mass is 79.9. The van der Waals surface area contributed by atoms with E-state index in [1.807, 2.05) is 42.0 Å². The molecule has 3 aromatic rings. The van der Waals surface area contributed by atoms with Gasteiger partial charge in [-0.25, -0.2) is 9.97 Å². The molecule has 102 valence electrons. The monoisotopic (exact) mass is 369 g/mol. The van der Waals surface area contributed by atoms with Gasteiger partial charge >= 0.3 is 0 Å². The minimum absolute atomic E-state index is 0.309. The zero-order valence-electron chi connectivity index (χ0n) is 10.6. The lowest BCUT2D eigenvalue weighted by atomic mass is 10.3. The van der Waals surface area contributed by atoms with E-state index in [4.69, 9.17) is 23.2 Å².